The van der Waals surface area contributed by atoms with Gasteiger partial charge >= 0.3 is 0 Å². The van der Waals surface area contributed by atoms with Gasteiger partial charge in [0.15, 0.2) is 0 Å². The molecule has 8 nitrogen and oxygen atoms in total. The van der Waals surface area contributed by atoms with Crippen LogP contribution < -0.4 is 11.1 Å². The number of aromatic nitrogens is 2. The molecule has 2 heterocycles. The first-order chi connectivity index (χ1) is 13.5. The Morgan fingerprint density at radius 1 is 1.29 bits per heavy atom. The molecular weight excluding hydrogens is 367 g/mol. The van der Waals surface area contributed by atoms with Crippen LogP contribution in [0.4, 0.5) is 15.8 Å². The van der Waals surface area contributed by atoms with Gasteiger partial charge in [-0.2, -0.15) is 0 Å². The summed E-state index contributed by atoms with van der Waals surface area (Å²) in [7, 11) is 0. The minimum atomic E-state index is -0.775. The number of hydrogen-bond donors (Lipinski definition) is 4. The molecule has 3 rings (SSSR count). The highest BCUT2D eigenvalue weighted by molar-refractivity contribution is 6.05. The summed E-state index contributed by atoms with van der Waals surface area (Å²) in [5.41, 5.74) is 6.72. The normalized spacial score (nSPS) is 9.79. The monoisotopic (exact) mass is 392 g/mol. The third-order valence-electron chi connectivity index (χ3n) is 3.30. The molecule has 0 aliphatic rings. The van der Waals surface area contributed by atoms with E-state index in [1.54, 1.807) is 19.1 Å². The van der Waals surface area contributed by atoms with Gasteiger partial charge in [0, 0.05) is 19.4 Å². The van der Waals surface area contributed by atoms with Gasteiger partial charge in [0.25, 0.3) is 5.91 Å². The molecule has 1 amide bonds. The summed E-state index contributed by atoms with van der Waals surface area (Å²) in [4.78, 5) is 19.2. The van der Waals surface area contributed by atoms with Crippen molar-refractivity contribution in [2.75, 3.05) is 18.5 Å². The Kier molecular flexibility index (Phi) is 9.55. The SMILES string of the molecule is CC.Cc1ccc(Nc2c(C(N)=O)oc3ncncc23)c(F)c1.OCCCO. The van der Waals surface area contributed by atoms with Crippen LogP contribution in [0.1, 0.15) is 36.4 Å². The van der Waals surface area contributed by atoms with E-state index in [1.165, 1.54) is 18.6 Å². The van der Waals surface area contributed by atoms with Gasteiger partial charge in [0.1, 0.15) is 17.8 Å². The maximum Gasteiger partial charge on any atom is 0.286 e. The molecule has 3 aromatic rings. The van der Waals surface area contributed by atoms with Crippen molar-refractivity contribution in [3.63, 3.8) is 0 Å². The second-order valence-corrected chi connectivity index (χ2v) is 5.32. The number of anilines is 2. The summed E-state index contributed by atoms with van der Waals surface area (Å²) in [6.45, 7) is 5.97. The van der Waals surface area contributed by atoms with Crippen LogP contribution in [0.25, 0.3) is 11.1 Å². The first-order valence-electron chi connectivity index (χ1n) is 8.75. The van der Waals surface area contributed by atoms with E-state index in [0.29, 0.717) is 11.8 Å². The Balaban J connectivity index is 0.000000490. The van der Waals surface area contributed by atoms with Crippen molar-refractivity contribution in [1.29, 1.82) is 0 Å². The maximum absolute atomic E-state index is 13.9. The van der Waals surface area contributed by atoms with E-state index in [1.807, 2.05) is 13.8 Å². The number of halogens is 1. The molecular formula is C19H25FN4O4. The number of nitrogens with zero attached hydrogens (tertiary/aromatic N) is 2. The van der Waals surface area contributed by atoms with Crippen LogP contribution in [0.2, 0.25) is 0 Å². The Labute approximate surface area is 162 Å². The number of primary amides is 1. The first-order valence-corrected chi connectivity index (χ1v) is 8.75. The number of nitrogens with two attached hydrogens (primary N) is 1. The lowest BCUT2D eigenvalue weighted by molar-refractivity contribution is 0.0976. The highest BCUT2D eigenvalue weighted by Gasteiger charge is 2.20. The van der Waals surface area contributed by atoms with Gasteiger partial charge in [0.2, 0.25) is 11.5 Å². The molecule has 1 aromatic carbocycles. The third-order valence-corrected chi connectivity index (χ3v) is 3.30. The number of carbonyl (C=O) groups is 1. The van der Waals surface area contributed by atoms with Crippen LogP contribution in [0.15, 0.2) is 35.1 Å². The summed E-state index contributed by atoms with van der Waals surface area (Å²) in [5.74, 6) is -1.34. The number of aryl methyl sites for hydroxylation is 1. The number of rotatable bonds is 5. The van der Waals surface area contributed by atoms with Crippen molar-refractivity contribution in [3.8, 4) is 0 Å². The molecule has 5 N–H and O–H groups in total. The number of hydrogen-bond acceptors (Lipinski definition) is 7. The molecule has 0 aliphatic heterocycles. The fraction of sp³-hybridized carbons (Fsp3) is 0.316. The van der Waals surface area contributed by atoms with Crippen molar-refractivity contribution in [2.45, 2.75) is 27.2 Å². The van der Waals surface area contributed by atoms with Gasteiger partial charge in [-0.05, 0) is 31.0 Å². The zero-order valence-electron chi connectivity index (χ0n) is 16.1. The molecule has 9 heteroatoms. The Hall–Kier alpha value is -3.04. The highest BCUT2D eigenvalue weighted by Crippen LogP contribution is 2.32. The number of fused-ring (bicyclic) bond motifs is 1. The van der Waals surface area contributed by atoms with Crippen LogP contribution in [0.5, 0.6) is 0 Å². The van der Waals surface area contributed by atoms with Crippen molar-refractivity contribution < 1.29 is 23.8 Å². The number of nitrogens with one attached hydrogen (secondary N) is 1. The third kappa shape index (κ3) is 6.00. The summed E-state index contributed by atoms with van der Waals surface area (Å²) >= 11 is 0. The molecule has 0 aliphatic carbocycles. The molecule has 0 atom stereocenters. The van der Waals surface area contributed by atoms with E-state index >= 15 is 0 Å². The number of amides is 1. The van der Waals surface area contributed by atoms with Crippen molar-refractivity contribution in [3.05, 3.63) is 47.9 Å². The Morgan fingerprint density at radius 3 is 2.50 bits per heavy atom. The second kappa shape index (κ2) is 11.6. The Bertz CT molecular complexity index is 897. The number of benzene rings is 1. The lowest BCUT2D eigenvalue weighted by Crippen LogP contribution is -2.11. The minimum absolute atomic E-state index is 0.0938. The van der Waals surface area contributed by atoms with E-state index < -0.39 is 11.7 Å². The predicted octanol–water partition coefficient (Wildman–Crippen LogP) is 2.90. The van der Waals surface area contributed by atoms with E-state index in [9.17, 15) is 9.18 Å². The minimum Gasteiger partial charge on any atom is -0.430 e. The smallest absolute Gasteiger partial charge is 0.286 e. The lowest BCUT2D eigenvalue weighted by Gasteiger charge is -2.07. The molecule has 0 spiro atoms. The summed E-state index contributed by atoms with van der Waals surface area (Å²) in [6.07, 6.45) is 3.25. The van der Waals surface area contributed by atoms with Gasteiger partial charge in [-0.15, -0.1) is 0 Å². The van der Waals surface area contributed by atoms with Crippen molar-refractivity contribution in [1.82, 2.24) is 9.97 Å². The molecule has 0 radical (unpaired) electrons. The Morgan fingerprint density at radius 2 is 1.96 bits per heavy atom. The van der Waals surface area contributed by atoms with Gasteiger partial charge in [-0.3, -0.25) is 4.79 Å². The average molecular weight is 392 g/mol. The van der Waals surface area contributed by atoms with Crippen LogP contribution in [0.3, 0.4) is 0 Å². The topological polar surface area (TPSA) is 134 Å². The summed E-state index contributed by atoms with van der Waals surface area (Å²) < 4.78 is 19.2. The van der Waals surface area contributed by atoms with Crippen molar-refractivity contribution >= 4 is 28.4 Å². The van der Waals surface area contributed by atoms with E-state index in [-0.39, 0.29) is 36.1 Å². The van der Waals surface area contributed by atoms with Crippen LogP contribution >= 0.6 is 0 Å². The van der Waals surface area contributed by atoms with E-state index in [4.69, 9.17) is 20.4 Å². The lowest BCUT2D eigenvalue weighted by atomic mass is 10.2. The maximum atomic E-state index is 13.9. The molecule has 0 fully saturated rings. The molecule has 152 valence electrons. The largest absolute Gasteiger partial charge is 0.430 e. The second-order valence-electron chi connectivity index (χ2n) is 5.32. The van der Waals surface area contributed by atoms with Gasteiger partial charge < -0.3 is 25.7 Å². The standard InChI is InChI=1S/C14H11FN4O2.C3H8O2.C2H6/c1-7-2-3-10(9(15)4-7)19-11-8-5-17-6-18-14(8)21-12(11)13(16)20;4-2-1-3-5;1-2/h2-6,19H,1H3,(H2,16,20);4-5H,1-3H2;1-2H3. The van der Waals surface area contributed by atoms with E-state index in [0.717, 1.165) is 5.56 Å². The number of aliphatic hydroxyl groups excluding tert-OH is 2. The van der Waals surface area contributed by atoms with Gasteiger partial charge in [0.05, 0.1) is 11.1 Å². The zero-order chi connectivity index (χ0) is 21.1. The van der Waals surface area contributed by atoms with Gasteiger partial charge in [-0.1, -0.05) is 19.9 Å². The fourth-order valence-corrected chi connectivity index (χ4v) is 2.07. The molecule has 0 bridgehead atoms. The van der Waals surface area contributed by atoms with Gasteiger partial charge in [-0.25, -0.2) is 14.4 Å². The van der Waals surface area contributed by atoms with Crippen molar-refractivity contribution in [2.24, 2.45) is 5.73 Å². The number of aliphatic hydroxyl groups is 2. The highest BCUT2D eigenvalue weighted by atomic mass is 19.1. The quantitative estimate of drug-likeness (QED) is 0.524. The zero-order valence-corrected chi connectivity index (χ0v) is 16.1. The van der Waals surface area contributed by atoms with Crippen LogP contribution in [0, 0.1) is 12.7 Å². The molecule has 0 unspecified atom stereocenters. The number of furan rings is 1. The molecule has 28 heavy (non-hydrogen) atoms. The molecule has 0 saturated carbocycles. The molecule has 2 aromatic heterocycles. The average Bonchev–Trinajstić information content (AvgIpc) is 3.06. The molecule has 0 saturated heterocycles. The van der Waals surface area contributed by atoms with E-state index in [2.05, 4.69) is 15.3 Å². The summed E-state index contributed by atoms with van der Waals surface area (Å²) in [5, 5.41) is 19.1. The van der Waals surface area contributed by atoms with Crippen LogP contribution in [-0.4, -0.2) is 39.3 Å². The first kappa shape index (κ1) is 23.0. The number of carbonyl (C=O) groups excluding carboxylic acids is 1. The fourth-order valence-electron chi connectivity index (χ4n) is 2.07. The van der Waals surface area contributed by atoms with Crippen LogP contribution in [-0.2, 0) is 0 Å². The predicted molar refractivity (Wildman–Crippen MR) is 105 cm³/mol. The summed E-state index contributed by atoms with van der Waals surface area (Å²) in [6, 6.07) is 4.69.